The second-order valence-electron chi connectivity index (χ2n) is 11.4. The van der Waals surface area contributed by atoms with Gasteiger partial charge >= 0.3 is 24.4 Å². The summed E-state index contributed by atoms with van der Waals surface area (Å²) in [6.07, 6.45) is -20.7. The average Bonchev–Trinajstić information content (AvgIpc) is 2.77. The molecule has 6 nitrogen and oxygen atoms in total. The minimum Gasteiger partial charge on any atom is -0.399 e. The molecule has 0 saturated heterocycles. The van der Waals surface area contributed by atoms with Gasteiger partial charge in [-0.05, 0) is 53.4 Å². The number of hydrogen-bond donors (Lipinski definition) is 2. The molecule has 0 spiro atoms. The van der Waals surface area contributed by atoms with Gasteiger partial charge in [0.2, 0.25) is 5.78 Å². The highest BCUT2D eigenvalue weighted by atomic mass is 19.4. The Hall–Kier alpha value is -1.17. The summed E-state index contributed by atoms with van der Waals surface area (Å²) in [7, 11) is 1.34. The lowest BCUT2D eigenvalue weighted by molar-refractivity contribution is -0.353. The van der Waals surface area contributed by atoms with E-state index in [1.165, 1.54) is 14.8 Å². The Kier molecular flexibility index (Phi) is 13.3. The standard InChI is InChI=1S/C24H40BF10NO5/c1-7-18(5,40-12-10-21(26,27)28)15(23(30,31)32)13-20(8-2,14-36)41-22(29,24(33,34)35)16(37)17(3,4)39-11-9-19(6,25)38/h15,38H,7-14,25,36H2,1-6H3. The molecule has 0 amide bonds. The van der Waals surface area contributed by atoms with E-state index in [0.717, 1.165) is 34.6 Å². The van der Waals surface area contributed by atoms with Gasteiger partial charge in [0, 0.05) is 18.7 Å². The minimum atomic E-state index is -6.11. The SMILES string of the molecule is BC(C)(O)CCOC(C)(C)C(=O)C(F)(OC(CC)(CN)CC(C(F)(F)F)C(C)(CC)OCCC(F)(F)F)C(F)(F)F. The molecule has 5 atom stereocenters. The zero-order valence-corrected chi connectivity index (χ0v) is 24.2. The van der Waals surface area contributed by atoms with Crippen LogP contribution in [-0.4, -0.2) is 85.2 Å². The molecule has 3 N–H and O–H groups in total. The van der Waals surface area contributed by atoms with Gasteiger partial charge in [-0.2, -0.15) is 43.9 Å². The molecule has 0 aliphatic carbocycles. The molecule has 0 aromatic rings. The Morgan fingerprint density at radius 3 is 1.68 bits per heavy atom. The van der Waals surface area contributed by atoms with Gasteiger partial charge in [0.05, 0.1) is 30.1 Å². The van der Waals surface area contributed by atoms with Gasteiger partial charge in [-0.1, -0.05) is 13.8 Å². The number of nitrogens with two attached hydrogens (primary N) is 1. The van der Waals surface area contributed by atoms with Crippen molar-refractivity contribution in [1.82, 2.24) is 0 Å². The molecule has 0 aliphatic heterocycles. The molecule has 244 valence electrons. The summed E-state index contributed by atoms with van der Waals surface area (Å²) in [5.41, 5.74) is -3.54. The zero-order valence-electron chi connectivity index (χ0n) is 24.2. The van der Waals surface area contributed by atoms with Crippen LogP contribution in [0.4, 0.5) is 43.9 Å². The third-order valence-corrected chi connectivity index (χ3v) is 6.98. The lowest BCUT2D eigenvalue weighted by atomic mass is 9.76. The van der Waals surface area contributed by atoms with Gasteiger partial charge in [-0.3, -0.25) is 4.79 Å². The van der Waals surface area contributed by atoms with Crippen LogP contribution in [-0.2, 0) is 19.0 Å². The second kappa shape index (κ2) is 13.6. The van der Waals surface area contributed by atoms with Crippen molar-refractivity contribution in [2.75, 3.05) is 19.8 Å². The van der Waals surface area contributed by atoms with Crippen molar-refractivity contribution < 1.29 is 68.0 Å². The van der Waals surface area contributed by atoms with Crippen molar-refractivity contribution in [3.63, 3.8) is 0 Å². The van der Waals surface area contributed by atoms with Gasteiger partial charge < -0.3 is 25.1 Å². The fourth-order valence-electron chi connectivity index (χ4n) is 3.97. The van der Waals surface area contributed by atoms with Crippen molar-refractivity contribution >= 4 is 13.6 Å². The third kappa shape index (κ3) is 11.5. The van der Waals surface area contributed by atoms with Crippen molar-refractivity contribution in [2.45, 2.75) is 120 Å². The smallest absolute Gasteiger partial charge is 0.399 e. The van der Waals surface area contributed by atoms with Gasteiger partial charge in [-0.25, -0.2) is 0 Å². The van der Waals surface area contributed by atoms with Crippen LogP contribution >= 0.6 is 0 Å². The van der Waals surface area contributed by atoms with Gasteiger partial charge in [0.25, 0.3) is 0 Å². The number of Topliss-reactive ketones (excluding diaryl/α,β-unsaturated/α-hetero) is 1. The van der Waals surface area contributed by atoms with Crippen molar-refractivity contribution in [2.24, 2.45) is 11.7 Å². The monoisotopic (exact) mass is 623 g/mol. The molecular weight excluding hydrogens is 583 g/mol. The van der Waals surface area contributed by atoms with E-state index < -0.39 is 104 Å². The molecule has 0 fully saturated rings. The maximum Gasteiger partial charge on any atom is 0.456 e. The van der Waals surface area contributed by atoms with Crippen LogP contribution in [0.5, 0.6) is 0 Å². The summed E-state index contributed by atoms with van der Waals surface area (Å²) in [5, 5.41) is 9.77. The van der Waals surface area contributed by atoms with Crippen molar-refractivity contribution in [1.29, 1.82) is 0 Å². The number of hydrogen-bond acceptors (Lipinski definition) is 6. The van der Waals surface area contributed by atoms with E-state index >= 15 is 4.39 Å². The second-order valence-corrected chi connectivity index (χ2v) is 11.4. The molecule has 0 radical (unpaired) electrons. The number of aliphatic hydroxyl groups is 1. The maximum atomic E-state index is 15.9. The van der Waals surface area contributed by atoms with Crippen LogP contribution in [0.2, 0.25) is 0 Å². The molecule has 0 aromatic carbocycles. The Morgan fingerprint density at radius 1 is 0.854 bits per heavy atom. The van der Waals surface area contributed by atoms with Crippen LogP contribution in [0.3, 0.4) is 0 Å². The molecule has 5 unspecified atom stereocenters. The topological polar surface area (TPSA) is 91.0 Å². The first-order valence-electron chi connectivity index (χ1n) is 12.9. The summed E-state index contributed by atoms with van der Waals surface area (Å²) in [6.45, 7) is 3.16. The lowest BCUT2D eigenvalue weighted by Gasteiger charge is -2.46. The van der Waals surface area contributed by atoms with Crippen LogP contribution in [0.1, 0.15) is 73.6 Å². The number of carbonyl (C=O) groups excluding carboxylic acids is 1. The Bertz CT molecular complexity index is 841. The molecule has 0 rings (SSSR count). The normalized spacial score (nSPS) is 20.4. The first-order valence-corrected chi connectivity index (χ1v) is 12.9. The summed E-state index contributed by atoms with van der Waals surface area (Å²) < 4.78 is 154. The Labute approximate surface area is 234 Å². The highest BCUT2D eigenvalue weighted by Gasteiger charge is 2.69. The summed E-state index contributed by atoms with van der Waals surface area (Å²) in [4.78, 5) is 13.0. The Morgan fingerprint density at radius 2 is 1.34 bits per heavy atom. The van der Waals surface area contributed by atoms with E-state index in [-0.39, 0.29) is 6.42 Å². The highest BCUT2D eigenvalue weighted by molar-refractivity contribution is 6.13. The summed E-state index contributed by atoms with van der Waals surface area (Å²) in [5.74, 6) is -10.3. The molecule has 0 bridgehead atoms. The number of carbonyl (C=O) groups is 1. The number of ether oxygens (including phenoxy) is 3. The van der Waals surface area contributed by atoms with E-state index in [4.69, 9.17) is 15.2 Å². The Balaban J connectivity index is 6.58. The number of halogens is 10. The van der Waals surface area contributed by atoms with E-state index in [1.54, 1.807) is 0 Å². The number of ketones is 1. The quantitative estimate of drug-likeness (QED) is 0.172. The number of alkyl halides is 10. The van der Waals surface area contributed by atoms with E-state index in [1.807, 2.05) is 0 Å². The van der Waals surface area contributed by atoms with Crippen molar-refractivity contribution in [3.8, 4) is 0 Å². The van der Waals surface area contributed by atoms with E-state index in [2.05, 4.69) is 4.74 Å². The predicted molar refractivity (Wildman–Crippen MR) is 131 cm³/mol. The fourth-order valence-corrected chi connectivity index (χ4v) is 3.97. The maximum absolute atomic E-state index is 15.9. The summed E-state index contributed by atoms with van der Waals surface area (Å²) in [6, 6.07) is 0. The minimum absolute atomic E-state index is 0.172. The van der Waals surface area contributed by atoms with Crippen LogP contribution in [0, 0.1) is 5.92 Å². The molecule has 0 heterocycles. The van der Waals surface area contributed by atoms with Gasteiger partial charge in [0.1, 0.15) is 13.4 Å². The van der Waals surface area contributed by atoms with Crippen LogP contribution < -0.4 is 5.73 Å². The molecule has 41 heavy (non-hydrogen) atoms. The first-order chi connectivity index (χ1) is 18.0. The lowest BCUT2D eigenvalue weighted by Crippen LogP contribution is -2.64. The zero-order chi connectivity index (χ0) is 32.9. The van der Waals surface area contributed by atoms with E-state index in [9.17, 15) is 49.4 Å². The average molecular weight is 623 g/mol. The highest BCUT2D eigenvalue weighted by Crippen LogP contribution is 2.49. The third-order valence-electron chi connectivity index (χ3n) is 6.98. The largest absolute Gasteiger partial charge is 0.456 e. The molecule has 0 saturated carbocycles. The van der Waals surface area contributed by atoms with Crippen LogP contribution in [0.25, 0.3) is 0 Å². The molecule has 0 aliphatic rings. The molecular formula is C24H40BF10NO5. The van der Waals surface area contributed by atoms with E-state index in [0.29, 0.717) is 0 Å². The van der Waals surface area contributed by atoms with Crippen LogP contribution in [0.15, 0.2) is 0 Å². The fraction of sp³-hybridized carbons (Fsp3) is 0.958. The molecule has 0 aromatic heterocycles. The van der Waals surface area contributed by atoms with Gasteiger partial charge in [-0.15, -0.1) is 0 Å². The predicted octanol–water partition coefficient (Wildman–Crippen LogP) is 5.14. The summed E-state index contributed by atoms with van der Waals surface area (Å²) >= 11 is 0. The number of rotatable bonds is 17. The van der Waals surface area contributed by atoms with Gasteiger partial charge in [0.15, 0.2) is 0 Å². The van der Waals surface area contributed by atoms with Crippen molar-refractivity contribution in [3.05, 3.63) is 0 Å². The molecule has 17 heteroatoms. The first kappa shape index (κ1) is 39.8.